The fourth-order valence-electron chi connectivity index (χ4n) is 3.90. The molecule has 0 saturated carbocycles. The van der Waals surface area contributed by atoms with Gasteiger partial charge in [0.15, 0.2) is 0 Å². The van der Waals surface area contributed by atoms with Crippen molar-refractivity contribution in [2.75, 3.05) is 33.8 Å². The summed E-state index contributed by atoms with van der Waals surface area (Å²) in [6, 6.07) is 3.92. The summed E-state index contributed by atoms with van der Waals surface area (Å²) in [5.74, 6) is 0.733. The molecule has 1 aromatic rings. The molecule has 2 amide bonds. The average molecular weight is 365 g/mol. The quantitative estimate of drug-likeness (QED) is 0.829. The van der Waals surface area contributed by atoms with Crippen molar-refractivity contribution in [1.29, 1.82) is 0 Å². The van der Waals surface area contributed by atoms with E-state index in [0.717, 1.165) is 50.3 Å². The van der Waals surface area contributed by atoms with E-state index in [4.69, 9.17) is 4.74 Å². The minimum Gasteiger partial charge on any atom is -0.375 e. The molecule has 2 saturated heterocycles. The molecule has 138 valence electrons. The van der Waals surface area contributed by atoms with Crippen molar-refractivity contribution in [1.82, 2.24) is 9.80 Å². The van der Waals surface area contributed by atoms with Crippen LogP contribution in [-0.4, -0.2) is 61.0 Å². The Balaban J connectivity index is 1.57. The lowest BCUT2D eigenvalue weighted by atomic mass is 9.78. The van der Waals surface area contributed by atoms with Crippen LogP contribution in [0.1, 0.15) is 46.7 Å². The Morgan fingerprint density at radius 3 is 2.64 bits per heavy atom. The van der Waals surface area contributed by atoms with Crippen molar-refractivity contribution in [3.63, 3.8) is 0 Å². The topological polar surface area (TPSA) is 49.9 Å². The van der Waals surface area contributed by atoms with Crippen LogP contribution in [-0.2, 0) is 9.53 Å². The first-order valence-corrected chi connectivity index (χ1v) is 9.90. The molecule has 0 N–H and O–H groups in total. The highest BCUT2D eigenvalue weighted by molar-refractivity contribution is 7.13. The first-order valence-electron chi connectivity index (χ1n) is 9.08. The number of nitrogens with zero attached hydrogens (tertiary/aromatic N) is 2. The fourth-order valence-corrected chi connectivity index (χ4v) is 4.74. The molecule has 3 heterocycles. The van der Waals surface area contributed by atoms with E-state index in [1.165, 1.54) is 4.88 Å². The molecule has 2 aliphatic heterocycles. The molecule has 2 fully saturated rings. The van der Waals surface area contributed by atoms with Crippen LogP contribution in [0.15, 0.2) is 12.1 Å². The molecular formula is C19H28N2O3S. The summed E-state index contributed by atoms with van der Waals surface area (Å²) >= 11 is 1.56. The van der Waals surface area contributed by atoms with Crippen molar-refractivity contribution in [2.24, 2.45) is 5.92 Å². The van der Waals surface area contributed by atoms with Gasteiger partial charge in [-0.1, -0.05) is 0 Å². The second kappa shape index (κ2) is 7.46. The van der Waals surface area contributed by atoms with Crippen LogP contribution in [0.2, 0.25) is 0 Å². The molecule has 1 aromatic heterocycles. The highest BCUT2D eigenvalue weighted by Gasteiger charge is 2.41. The van der Waals surface area contributed by atoms with Crippen LogP contribution in [0.5, 0.6) is 0 Å². The van der Waals surface area contributed by atoms with Gasteiger partial charge in [0.25, 0.3) is 5.91 Å². The van der Waals surface area contributed by atoms with Gasteiger partial charge < -0.3 is 14.5 Å². The number of carbonyl (C=O) groups is 2. The minimum atomic E-state index is -0.141. The summed E-state index contributed by atoms with van der Waals surface area (Å²) in [6.07, 6.45) is 4.24. The smallest absolute Gasteiger partial charge is 0.263 e. The summed E-state index contributed by atoms with van der Waals surface area (Å²) in [6.45, 7) is 4.23. The van der Waals surface area contributed by atoms with Crippen LogP contribution in [0.3, 0.4) is 0 Å². The van der Waals surface area contributed by atoms with Gasteiger partial charge in [0.1, 0.15) is 0 Å². The normalized spacial score (nSPS) is 22.8. The molecule has 6 heteroatoms. The predicted molar refractivity (Wildman–Crippen MR) is 98.9 cm³/mol. The van der Waals surface area contributed by atoms with Crippen LogP contribution in [0.25, 0.3) is 0 Å². The molecule has 0 aromatic carbocycles. The van der Waals surface area contributed by atoms with Gasteiger partial charge in [0.2, 0.25) is 5.91 Å². The SMILES string of the molecule is Cc1ccc(C(=O)N2CCC3(CC2)CC(CC(=O)N(C)C)CCO3)s1. The van der Waals surface area contributed by atoms with Gasteiger partial charge in [-0.05, 0) is 50.7 Å². The van der Waals surface area contributed by atoms with Crippen LogP contribution in [0.4, 0.5) is 0 Å². The third kappa shape index (κ3) is 4.23. The second-order valence-electron chi connectivity index (χ2n) is 7.59. The molecule has 3 rings (SSSR count). The lowest BCUT2D eigenvalue weighted by Gasteiger charge is -2.46. The van der Waals surface area contributed by atoms with Crippen molar-refractivity contribution < 1.29 is 14.3 Å². The minimum absolute atomic E-state index is 0.141. The van der Waals surface area contributed by atoms with E-state index in [2.05, 4.69) is 0 Å². The molecular weight excluding hydrogens is 336 g/mol. The first-order chi connectivity index (χ1) is 11.9. The highest BCUT2D eigenvalue weighted by Crippen LogP contribution is 2.39. The number of likely N-dealkylation sites (tertiary alicyclic amines) is 1. The van der Waals surface area contributed by atoms with Gasteiger partial charge in [0, 0.05) is 45.1 Å². The van der Waals surface area contributed by atoms with Crippen molar-refractivity contribution in [2.45, 2.75) is 44.6 Å². The molecule has 0 aliphatic carbocycles. The Morgan fingerprint density at radius 1 is 1.32 bits per heavy atom. The van der Waals surface area contributed by atoms with Crippen LogP contribution < -0.4 is 0 Å². The zero-order chi connectivity index (χ0) is 18.0. The number of ether oxygens (including phenoxy) is 1. The van der Waals surface area contributed by atoms with Gasteiger partial charge in [-0.2, -0.15) is 0 Å². The third-order valence-corrected chi connectivity index (χ3v) is 6.46. The van der Waals surface area contributed by atoms with Gasteiger partial charge in [-0.25, -0.2) is 0 Å². The lowest BCUT2D eigenvalue weighted by Crippen LogP contribution is -2.51. The Morgan fingerprint density at radius 2 is 2.04 bits per heavy atom. The monoisotopic (exact) mass is 364 g/mol. The maximum Gasteiger partial charge on any atom is 0.263 e. The third-order valence-electron chi connectivity index (χ3n) is 5.47. The Labute approximate surface area is 153 Å². The van der Waals surface area contributed by atoms with E-state index in [-0.39, 0.29) is 17.4 Å². The van der Waals surface area contributed by atoms with Gasteiger partial charge in [-0.15, -0.1) is 11.3 Å². The van der Waals surface area contributed by atoms with Crippen LogP contribution >= 0.6 is 11.3 Å². The van der Waals surface area contributed by atoms with Gasteiger partial charge in [0.05, 0.1) is 10.5 Å². The van der Waals surface area contributed by atoms with E-state index in [1.54, 1.807) is 16.2 Å². The number of carbonyl (C=O) groups excluding carboxylic acids is 2. The second-order valence-corrected chi connectivity index (χ2v) is 8.87. The maximum atomic E-state index is 12.6. The molecule has 0 radical (unpaired) electrons. The number of aryl methyl sites for hydroxylation is 1. The summed E-state index contributed by atoms with van der Waals surface area (Å²) in [5, 5.41) is 0. The molecule has 2 aliphatic rings. The standard InChI is InChI=1S/C19H28N2O3S/c1-14-4-5-16(25-14)18(23)21-9-7-19(8-10-21)13-15(6-11-24-19)12-17(22)20(2)3/h4-5,15H,6-13H2,1-3H3. The van der Waals surface area contributed by atoms with E-state index in [0.29, 0.717) is 12.3 Å². The van der Waals surface area contributed by atoms with E-state index >= 15 is 0 Å². The van der Waals surface area contributed by atoms with Gasteiger partial charge >= 0.3 is 0 Å². The number of hydrogen-bond acceptors (Lipinski definition) is 4. The summed E-state index contributed by atoms with van der Waals surface area (Å²) in [5.41, 5.74) is -0.141. The summed E-state index contributed by atoms with van der Waals surface area (Å²) in [7, 11) is 3.63. The molecule has 25 heavy (non-hydrogen) atoms. The number of amides is 2. The predicted octanol–water partition coefficient (Wildman–Crippen LogP) is 2.94. The molecule has 1 unspecified atom stereocenters. The fraction of sp³-hybridized carbons (Fsp3) is 0.684. The van der Waals surface area contributed by atoms with Gasteiger partial charge in [-0.3, -0.25) is 9.59 Å². The Kier molecular flexibility index (Phi) is 5.49. The summed E-state index contributed by atoms with van der Waals surface area (Å²) < 4.78 is 6.16. The number of thiophene rings is 1. The molecule has 1 atom stereocenters. The summed E-state index contributed by atoms with van der Waals surface area (Å²) in [4.78, 5) is 30.2. The molecule has 5 nitrogen and oxygen atoms in total. The van der Waals surface area contributed by atoms with Crippen molar-refractivity contribution in [3.8, 4) is 0 Å². The van der Waals surface area contributed by atoms with Crippen molar-refractivity contribution >= 4 is 23.2 Å². The number of rotatable bonds is 3. The average Bonchev–Trinajstić information content (AvgIpc) is 3.01. The number of hydrogen-bond donors (Lipinski definition) is 0. The first kappa shape index (κ1) is 18.4. The lowest BCUT2D eigenvalue weighted by molar-refractivity contribution is -0.139. The van der Waals surface area contributed by atoms with Crippen LogP contribution in [0, 0.1) is 12.8 Å². The Bertz CT molecular complexity index is 632. The van der Waals surface area contributed by atoms with E-state index in [1.807, 2.05) is 38.1 Å². The van der Waals surface area contributed by atoms with E-state index in [9.17, 15) is 9.59 Å². The Hall–Kier alpha value is -1.40. The zero-order valence-electron chi connectivity index (χ0n) is 15.4. The number of piperidine rings is 1. The van der Waals surface area contributed by atoms with Crippen molar-refractivity contribution in [3.05, 3.63) is 21.9 Å². The largest absolute Gasteiger partial charge is 0.375 e. The molecule has 0 bridgehead atoms. The zero-order valence-corrected chi connectivity index (χ0v) is 16.2. The maximum absolute atomic E-state index is 12.6. The highest BCUT2D eigenvalue weighted by atomic mass is 32.1. The molecule has 1 spiro atoms. The van der Waals surface area contributed by atoms with E-state index < -0.39 is 0 Å².